The summed E-state index contributed by atoms with van der Waals surface area (Å²) in [4.78, 5) is 4.43. The Morgan fingerprint density at radius 1 is 1.33 bits per heavy atom. The molecule has 2 rings (SSSR count). The van der Waals surface area contributed by atoms with Crippen molar-refractivity contribution < 1.29 is 4.74 Å². The predicted molar refractivity (Wildman–Crippen MR) is 88.9 cm³/mol. The molecule has 1 atom stereocenters. The first kappa shape index (κ1) is 16.1. The monoisotopic (exact) mass is 304 g/mol. The summed E-state index contributed by atoms with van der Waals surface area (Å²) < 4.78 is 5.09. The van der Waals surface area contributed by atoms with Gasteiger partial charge in [0.25, 0.3) is 0 Å². The Hall–Kier alpha value is -1.23. The molecule has 1 heterocycles. The highest BCUT2D eigenvalue weighted by Gasteiger charge is 2.12. The summed E-state index contributed by atoms with van der Waals surface area (Å²) in [6, 6.07) is 8.79. The second-order valence-electron chi connectivity index (χ2n) is 5.44. The van der Waals surface area contributed by atoms with Crippen LogP contribution in [0.25, 0.3) is 0 Å². The standard InChI is InChI=1S/C17H24N2OS/c1-14-4-3-5-15(8-14)9-16(11-18-6-7-20-2)10-17-12-21-13-19-17/h3-5,8,12-13,16,18H,6-7,9-11H2,1-2H3. The minimum atomic E-state index is 0.561. The predicted octanol–water partition coefficient (Wildman–Crippen LogP) is 3.09. The molecule has 0 bridgehead atoms. The SMILES string of the molecule is COCCNCC(Cc1cccc(C)c1)Cc1cscn1. The molecule has 0 aliphatic carbocycles. The van der Waals surface area contributed by atoms with E-state index >= 15 is 0 Å². The van der Waals surface area contributed by atoms with Crippen LogP contribution in [0, 0.1) is 12.8 Å². The molecule has 0 amide bonds. The summed E-state index contributed by atoms with van der Waals surface area (Å²) in [5, 5.41) is 5.64. The number of benzene rings is 1. The van der Waals surface area contributed by atoms with Crippen molar-refractivity contribution in [2.24, 2.45) is 5.92 Å². The molecule has 0 saturated heterocycles. The lowest BCUT2D eigenvalue weighted by atomic mass is 9.94. The Morgan fingerprint density at radius 2 is 2.24 bits per heavy atom. The summed E-state index contributed by atoms with van der Waals surface area (Å²) in [7, 11) is 1.74. The van der Waals surface area contributed by atoms with Gasteiger partial charge in [-0.25, -0.2) is 4.98 Å². The van der Waals surface area contributed by atoms with E-state index in [1.165, 1.54) is 16.8 Å². The Morgan fingerprint density at radius 3 is 2.95 bits per heavy atom. The molecule has 2 aromatic rings. The van der Waals surface area contributed by atoms with Gasteiger partial charge in [0.1, 0.15) is 0 Å². The molecular formula is C17H24N2OS. The van der Waals surface area contributed by atoms with Crippen molar-refractivity contribution >= 4 is 11.3 Å². The van der Waals surface area contributed by atoms with Crippen molar-refractivity contribution in [3.8, 4) is 0 Å². The molecule has 0 spiro atoms. The normalized spacial score (nSPS) is 12.5. The lowest BCUT2D eigenvalue weighted by Gasteiger charge is -2.17. The first-order valence-corrected chi connectivity index (χ1v) is 8.34. The van der Waals surface area contributed by atoms with E-state index in [0.29, 0.717) is 5.92 Å². The van der Waals surface area contributed by atoms with Gasteiger partial charge in [-0.15, -0.1) is 11.3 Å². The summed E-state index contributed by atoms with van der Waals surface area (Å²) in [6.07, 6.45) is 2.11. The van der Waals surface area contributed by atoms with Crippen molar-refractivity contribution in [3.05, 3.63) is 52.0 Å². The molecule has 0 fully saturated rings. The van der Waals surface area contributed by atoms with E-state index in [1.54, 1.807) is 18.4 Å². The van der Waals surface area contributed by atoms with Gasteiger partial charge in [-0.1, -0.05) is 29.8 Å². The zero-order chi connectivity index (χ0) is 14.9. The second kappa shape index (κ2) is 8.93. The molecule has 1 aromatic heterocycles. The molecule has 114 valence electrons. The van der Waals surface area contributed by atoms with Crippen LogP contribution >= 0.6 is 11.3 Å². The van der Waals surface area contributed by atoms with Gasteiger partial charge in [0.15, 0.2) is 0 Å². The van der Waals surface area contributed by atoms with Crippen molar-refractivity contribution in [1.82, 2.24) is 10.3 Å². The van der Waals surface area contributed by atoms with Crippen LogP contribution in [-0.4, -0.2) is 31.8 Å². The molecule has 0 aliphatic heterocycles. The number of aromatic nitrogens is 1. The van der Waals surface area contributed by atoms with Crippen LogP contribution in [0.2, 0.25) is 0 Å². The number of aryl methyl sites for hydroxylation is 1. The van der Waals surface area contributed by atoms with Crippen molar-refractivity contribution in [3.63, 3.8) is 0 Å². The molecule has 1 N–H and O–H groups in total. The molecule has 21 heavy (non-hydrogen) atoms. The average Bonchev–Trinajstić information content (AvgIpc) is 2.96. The van der Waals surface area contributed by atoms with Gasteiger partial charge in [0.2, 0.25) is 0 Å². The largest absolute Gasteiger partial charge is 0.383 e. The van der Waals surface area contributed by atoms with Crippen LogP contribution in [0.4, 0.5) is 0 Å². The first-order chi connectivity index (χ1) is 10.3. The summed E-state index contributed by atoms with van der Waals surface area (Å²) >= 11 is 1.67. The van der Waals surface area contributed by atoms with Crippen molar-refractivity contribution in [1.29, 1.82) is 0 Å². The van der Waals surface area contributed by atoms with Crippen LogP contribution in [-0.2, 0) is 17.6 Å². The van der Waals surface area contributed by atoms with E-state index in [0.717, 1.165) is 32.5 Å². The van der Waals surface area contributed by atoms with Crippen LogP contribution in [0.15, 0.2) is 35.2 Å². The van der Waals surface area contributed by atoms with E-state index < -0.39 is 0 Å². The first-order valence-electron chi connectivity index (χ1n) is 7.40. The number of hydrogen-bond donors (Lipinski definition) is 1. The zero-order valence-corrected chi connectivity index (χ0v) is 13.7. The van der Waals surface area contributed by atoms with Gasteiger partial charge in [-0.05, 0) is 37.8 Å². The fourth-order valence-electron chi connectivity index (χ4n) is 2.50. The molecule has 3 nitrogen and oxygen atoms in total. The molecule has 0 saturated carbocycles. The minimum Gasteiger partial charge on any atom is -0.383 e. The average molecular weight is 304 g/mol. The Balaban J connectivity index is 1.93. The third-order valence-corrected chi connectivity index (χ3v) is 4.14. The number of hydrogen-bond acceptors (Lipinski definition) is 4. The minimum absolute atomic E-state index is 0.561. The fraction of sp³-hybridized carbons (Fsp3) is 0.471. The van der Waals surface area contributed by atoms with E-state index in [-0.39, 0.29) is 0 Å². The molecular weight excluding hydrogens is 280 g/mol. The second-order valence-corrected chi connectivity index (χ2v) is 6.16. The van der Waals surface area contributed by atoms with Crippen LogP contribution in [0.5, 0.6) is 0 Å². The highest BCUT2D eigenvalue weighted by molar-refractivity contribution is 7.07. The maximum atomic E-state index is 5.09. The van der Waals surface area contributed by atoms with Crippen LogP contribution in [0.1, 0.15) is 16.8 Å². The Kier molecular flexibility index (Phi) is 6.86. The van der Waals surface area contributed by atoms with Gasteiger partial charge >= 0.3 is 0 Å². The quantitative estimate of drug-likeness (QED) is 0.723. The van der Waals surface area contributed by atoms with E-state index in [9.17, 15) is 0 Å². The molecule has 1 aromatic carbocycles. The third-order valence-electron chi connectivity index (χ3n) is 3.50. The lowest BCUT2D eigenvalue weighted by molar-refractivity contribution is 0.197. The van der Waals surface area contributed by atoms with Crippen molar-refractivity contribution in [2.45, 2.75) is 19.8 Å². The van der Waals surface area contributed by atoms with E-state index in [1.807, 2.05) is 5.51 Å². The summed E-state index contributed by atoms with van der Waals surface area (Å²) in [5.41, 5.74) is 5.85. The van der Waals surface area contributed by atoms with E-state index in [4.69, 9.17) is 4.74 Å². The molecule has 0 radical (unpaired) electrons. The highest BCUT2D eigenvalue weighted by atomic mass is 32.1. The fourth-order valence-corrected chi connectivity index (χ4v) is 3.07. The number of methoxy groups -OCH3 is 1. The number of nitrogens with zero attached hydrogens (tertiary/aromatic N) is 1. The third kappa shape index (κ3) is 5.96. The Labute approximate surface area is 131 Å². The van der Waals surface area contributed by atoms with Gasteiger partial charge in [-0.2, -0.15) is 0 Å². The van der Waals surface area contributed by atoms with Gasteiger partial charge in [0.05, 0.1) is 17.8 Å². The number of nitrogens with one attached hydrogen (secondary N) is 1. The zero-order valence-electron chi connectivity index (χ0n) is 12.8. The lowest BCUT2D eigenvalue weighted by Crippen LogP contribution is -2.28. The molecule has 4 heteroatoms. The number of thiazole rings is 1. The molecule has 0 aliphatic rings. The maximum absolute atomic E-state index is 5.09. The number of ether oxygens (including phenoxy) is 1. The maximum Gasteiger partial charge on any atom is 0.0794 e. The number of rotatable bonds is 9. The van der Waals surface area contributed by atoms with E-state index in [2.05, 4.69) is 46.9 Å². The highest BCUT2D eigenvalue weighted by Crippen LogP contribution is 2.15. The van der Waals surface area contributed by atoms with Crippen LogP contribution in [0.3, 0.4) is 0 Å². The summed E-state index contributed by atoms with van der Waals surface area (Å²) in [6.45, 7) is 4.80. The van der Waals surface area contributed by atoms with Gasteiger partial charge < -0.3 is 10.1 Å². The molecule has 1 unspecified atom stereocenters. The van der Waals surface area contributed by atoms with Gasteiger partial charge in [-0.3, -0.25) is 0 Å². The van der Waals surface area contributed by atoms with Crippen molar-refractivity contribution in [2.75, 3.05) is 26.8 Å². The Bertz CT molecular complexity index is 513. The van der Waals surface area contributed by atoms with Crippen LogP contribution < -0.4 is 5.32 Å². The van der Waals surface area contributed by atoms with Gasteiger partial charge in [0, 0.05) is 19.0 Å². The topological polar surface area (TPSA) is 34.1 Å². The smallest absolute Gasteiger partial charge is 0.0794 e. The summed E-state index contributed by atoms with van der Waals surface area (Å²) in [5.74, 6) is 0.561.